The highest BCUT2D eigenvalue weighted by molar-refractivity contribution is 8.00. The molecule has 2 N–H and O–H groups in total. The van der Waals surface area contributed by atoms with Crippen LogP contribution < -0.4 is 5.32 Å². The van der Waals surface area contributed by atoms with Gasteiger partial charge < -0.3 is 10.4 Å². The van der Waals surface area contributed by atoms with Gasteiger partial charge in [0.2, 0.25) is 5.91 Å². The molecule has 1 aromatic heterocycles. The average molecular weight is 379 g/mol. The van der Waals surface area contributed by atoms with Gasteiger partial charge in [0.05, 0.1) is 16.5 Å². The van der Waals surface area contributed by atoms with Crippen molar-refractivity contribution in [1.29, 1.82) is 0 Å². The molecule has 0 aliphatic rings. The summed E-state index contributed by atoms with van der Waals surface area (Å²) in [5, 5.41) is 12.0. The van der Waals surface area contributed by atoms with Crippen LogP contribution in [0.4, 0.5) is 5.69 Å². The molecule has 0 radical (unpaired) electrons. The van der Waals surface area contributed by atoms with E-state index in [4.69, 9.17) is 5.11 Å². The van der Waals surface area contributed by atoms with Crippen molar-refractivity contribution in [2.75, 3.05) is 5.32 Å². The third-order valence-corrected chi connectivity index (χ3v) is 4.81. The summed E-state index contributed by atoms with van der Waals surface area (Å²) in [7, 11) is 0. The van der Waals surface area contributed by atoms with E-state index >= 15 is 0 Å². The fraction of sp³-hybridized carbons (Fsp3) is 0.100. The molecular formula is C20H17N3O3S. The maximum absolute atomic E-state index is 12.4. The van der Waals surface area contributed by atoms with E-state index in [1.165, 1.54) is 30.2 Å². The number of anilines is 1. The lowest BCUT2D eigenvalue weighted by Gasteiger charge is -2.12. The van der Waals surface area contributed by atoms with Gasteiger partial charge in [-0.05, 0) is 37.3 Å². The third kappa shape index (κ3) is 4.92. The Hall–Kier alpha value is -3.19. The second kappa shape index (κ2) is 8.46. The largest absolute Gasteiger partial charge is 0.478 e. The lowest BCUT2D eigenvalue weighted by Crippen LogP contribution is -2.22. The van der Waals surface area contributed by atoms with Gasteiger partial charge in [0.1, 0.15) is 11.4 Å². The summed E-state index contributed by atoms with van der Waals surface area (Å²) in [4.78, 5) is 31.8. The molecule has 1 unspecified atom stereocenters. The highest BCUT2D eigenvalue weighted by Crippen LogP contribution is 2.25. The van der Waals surface area contributed by atoms with Crippen LogP contribution in [0.25, 0.3) is 11.3 Å². The standard InChI is InChI=1S/C20H17N3O3S/c1-13(19(24)23-16-9-7-15(8-10-16)20(25)26)27-18-11-17(21-12-22-18)14-5-3-2-4-6-14/h2-13H,1H3,(H,23,24)(H,25,26). The zero-order chi connectivity index (χ0) is 19.2. The number of amides is 1. The van der Waals surface area contributed by atoms with Gasteiger partial charge in [-0.25, -0.2) is 14.8 Å². The van der Waals surface area contributed by atoms with E-state index in [9.17, 15) is 9.59 Å². The Labute approximate surface area is 160 Å². The number of carbonyl (C=O) groups excluding carboxylic acids is 1. The van der Waals surface area contributed by atoms with Crippen LogP contribution >= 0.6 is 11.8 Å². The van der Waals surface area contributed by atoms with Crippen molar-refractivity contribution in [3.05, 3.63) is 72.6 Å². The lowest BCUT2D eigenvalue weighted by atomic mass is 10.1. The maximum atomic E-state index is 12.4. The lowest BCUT2D eigenvalue weighted by molar-refractivity contribution is -0.115. The predicted molar refractivity (Wildman–Crippen MR) is 105 cm³/mol. The summed E-state index contributed by atoms with van der Waals surface area (Å²) in [5.74, 6) is -1.20. The number of nitrogens with zero attached hydrogens (tertiary/aromatic N) is 2. The minimum absolute atomic E-state index is 0.171. The number of nitrogens with one attached hydrogen (secondary N) is 1. The second-order valence-corrected chi connectivity index (χ2v) is 7.10. The Bertz CT molecular complexity index is 946. The first-order chi connectivity index (χ1) is 13.0. The Morgan fingerprint density at radius 3 is 2.41 bits per heavy atom. The number of thioether (sulfide) groups is 1. The summed E-state index contributed by atoms with van der Waals surface area (Å²) >= 11 is 1.33. The fourth-order valence-corrected chi connectivity index (χ4v) is 3.16. The number of aromatic carboxylic acids is 1. The number of benzene rings is 2. The van der Waals surface area contributed by atoms with Gasteiger partial charge >= 0.3 is 5.97 Å². The van der Waals surface area contributed by atoms with Crippen LogP contribution in [0.2, 0.25) is 0 Å². The number of carbonyl (C=O) groups is 2. The van der Waals surface area contributed by atoms with Gasteiger partial charge in [0.15, 0.2) is 0 Å². The van der Waals surface area contributed by atoms with Gasteiger partial charge in [-0.3, -0.25) is 4.79 Å². The Morgan fingerprint density at radius 1 is 1.04 bits per heavy atom. The molecule has 136 valence electrons. The number of aromatic nitrogens is 2. The summed E-state index contributed by atoms with van der Waals surface area (Å²) in [6.45, 7) is 1.79. The minimum Gasteiger partial charge on any atom is -0.478 e. The monoisotopic (exact) mass is 379 g/mol. The molecule has 0 saturated heterocycles. The second-order valence-electron chi connectivity index (χ2n) is 5.74. The molecule has 0 fully saturated rings. The molecule has 0 saturated carbocycles. The van der Waals surface area contributed by atoms with Crippen molar-refractivity contribution in [1.82, 2.24) is 9.97 Å². The quantitative estimate of drug-likeness (QED) is 0.497. The predicted octanol–water partition coefficient (Wildman–Crippen LogP) is 3.96. The summed E-state index contributed by atoms with van der Waals surface area (Å²) in [6.07, 6.45) is 1.49. The Morgan fingerprint density at radius 2 is 1.74 bits per heavy atom. The highest BCUT2D eigenvalue weighted by atomic mass is 32.2. The molecule has 7 heteroatoms. The van der Waals surface area contributed by atoms with Crippen LogP contribution in [-0.2, 0) is 4.79 Å². The first-order valence-corrected chi connectivity index (χ1v) is 9.09. The van der Waals surface area contributed by atoms with Crippen molar-refractivity contribution in [3.8, 4) is 11.3 Å². The number of hydrogen-bond donors (Lipinski definition) is 2. The van der Waals surface area contributed by atoms with E-state index in [0.717, 1.165) is 11.3 Å². The van der Waals surface area contributed by atoms with Gasteiger partial charge in [0.25, 0.3) is 0 Å². The molecule has 0 bridgehead atoms. The summed E-state index contributed by atoms with van der Waals surface area (Å²) < 4.78 is 0. The molecule has 2 aromatic carbocycles. The van der Waals surface area contributed by atoms with E-state index in [-0.39, 0.29) is 16.7 Å². The summed E-state index contributed by atoms with van der Waals surface area (Å²) in [5.41, 5.74) is 2.50. The first-order valence-electron chi connectivity index (χ1n) is 8.21. The van der Waals surface area contributed by atoms with Gasteiger partial charge in [-0.15, -0.1) is 0 Å². The highest BCUT2D eigenvalue weighted by Gasteiger charge is 2.16. The van der Waals surface area contributed by atoms with E-state index < -0.39 is 5.97 Å². The van der Waals surface area contributed by atoms with E-state index in [1.807, 2.05) is 36.4 Å². The van der Waals surface area contributed by atoms with Gasteiger partial charge in [-0.2, -0.15) is 0 Å². The van der Waals surface area contributed by atoms with Crippen molar-refractivity contribution >= 4 is 29.3 Å². The van der Waals surface area contributed by atoms with E-state index in [1.54, 1.807) is 19.1 Å². The molecule has 1 amide bonds. The number of hydrogen-bond acceptors (Lipinski definition) is 5. The number of carboxylic acid groups (broad SMARTS) is 1. The molecule has 3 aromatic rings. The van der Waals surface area contributed by atoms with E-state index in [0.29, 0.717) is 10.7 Å². The fourth-order valence-electron chi connectivity index (χ4n) is 2.35. The molecule has 27 heavy (non-hydrogen) atoms. The molecule has 3 rings (SSSR count). The summed E-state index contributed by atoms with van der Waals surface area (Å²) in [6, 6.07) is 17.6. The van der Waals surface area contributed by atoms with Crippen LogP contribution in [0.15, 0.2) is 72.0 Å². The van der Waals surface area contributed by atoms with Crippen molar-refractivity contribution in [2.45, 2.75) is 17.2 Å². The van der Waals surface area contributed by atoms with Gasteiger partial charge in [0, 0.05) is 11.3 Å². The molecule has 6 nitrogen and oxygen atoms in total. The Balaban J connectivity index is 1.65. The van der Waals surface area contributed by atoms with Crippen molar-refractivity contribution in [2.24, 2.45) is 0 Å². The SMILES string of the molecule is CC(Sc1cc(-c2ccccc2)ncn1)C(=O)Nc1ccc(C(=O)O)cc1. The molecular weight excluding hydrogens is 362 g/mol. The molecule has 1 heterocycles. The molecule has 1 atom stereocenters. The number of rotatable bonds is 6. The van der Waals surface area contributed by atoms with Crippen LogP contribution in [0.5, 0.6) is 0 Å². The Kier molecular flexibility index (Phi) is 5.83. The van der Waals surface area contributed by atoms with Crippen LogP contribution in [0.3, 0.4) is 0 Å². The molecule has 0 aliphatic heterocycles. The maximum Gasteiger partial charge on any atom is 0.335 e. The normalized spacial score (nSPS) is 11.6. The van der Waals surface area contributed by atoms with Crippen LogP contribution in [-0.4, -0.2) is 32.2 Å². The molecule has 0 spiro atoms. The molecule has 0 aliphatic carbocycles. The smallest absolute Gasteiger partial charge is 0.335 e. The van der Waals surface area contributed by atoms with E-state index in [2.05, 4.69) is 15.3 Å². The zero-order valence-electron chi connectivity index (χ0n) is 14.5. The van der Waals surface area contributed by atoms with Crippen LogP contribution in [0, 0.1) is 0 Å². The average Bonchev–Trinajstić information content (AvgIpc) is 2.69. The van der Waals surface area contributed by atoms with Crippen molar-refractivity contribution in [3.63, 3.8) is 0 Å². The first kappa shape index (κ1) is 18.6. The zero-order valence-corrected chi connectivity index (χ0v) is 15.3. The van der Waals surface area contributed by atoms with Crippen LogP contribution in [0.1, 0.15) is 17.3 Å². The third-order valence-electron chi connectivity index (χ3n) is 3.78. The topological polar surface area (TPSA) is 92.2 Å². The number of carboxylic acids is 1. The minimum atomic E-state index is -1.00. The van der Waals surface area contributed by atoms with Crippen molar-refractivity contribution < 1.29 is 14.7 Å². The van der Waals surface area contributed by atoms with Gasteiger partial charge in [-0.1, -0.05) is 42.1 Å².